The van der Waals surface area contributed by atoms with Crippen LogP contribution < -0.4 is 31.9 Å². The second-order valence-corrected chi connectivity index (χ2v) is 10.9. The molecular formula is C32H30F4N6O4. The minimum Gasteiger partial charge on any atom is -0.452 e. The maximum Gasteiger partial charge on any atom is 0.335 e. The molecule has 1 aliphatic heterocycles. The Balaban J connectivity index is 1.41. The molecule has 2 aromatic carbocycles. The van der Waals surface area contributed by atoms with E-state index in [9.17, 15) is 27.6 Å². The summed E-state index contributed by atoms with van der Waals surface area (Å²) in [6, 6.07) is 9.32. The largest absolute Gasteiger partial charge is 0.452 e. The summed E-state index contributed by atoms with van der Waals surface area (Å²) >= 11 is 0. The van der Waals surface area contributed by atoms with Gasteiger partial charge in [-0.3, -0.25) is 19.1 Å². The number of halogens is 4. The van der Waals surface area contributed by atoms with Gasteiger partial charge in [0.1, 0.15) is 17.1 Å². The first-order valence-electron chi connectivity index (χ1n) is 14.3. The second kappa shape index (κ2) is 12.9. The van der Waals surface area contributed by atoms with E-state index in [1.54, 1.807) is 24.8 Å². The number of piperidine rings is 1. The number of ether oxygens (including phenoxy) is 1. The third-order valence-corrected chi connectivity index (χ3v) is 7.39. The first-order valence-corrected chi connectivity index (χ1v) is 14.3. The molecule has 46 heavy (non-hydrogen) atoms. The van der Waals surface area contributed by atoms with Gasteiger partial charge in [-0.05, 0) is 62.5 Å². The summed E-state index contributed by atoms with van der Waals surface area (Å²) in [5, 5.41) is 2.46. The zero-order valence-electron chi connectivity index (χ0n) is 24.8. The van der Waals surface area contributed by atoms with Crippen LogP contribution in [0.25, 0.3) is 11.8 Å². The lowest BCUT2D eigenvalue weighted by atomic mass is 10.1. The first-order chi connectivity index (χ1) is 21.9. The van der Waals surface area contributed by atoms with E-state index in [1.807, 2.05) is 0 Å². The molecule has 0 radical (unpaired) electrons. The van der Waals surface area contributed by atoms with Crippen molar-refractivity contribution >= 4 is 23.4 Å². The van der Waals surface area contributed by atoms with Crippen LogP contribution >= 0.6 is 0 Å². The number of anilines is 2. The molecule has 240 valence electrons. The molecule has 0 atom stereocenters. The van der Waals surface area contributed by atoms with Crippen molar-refractivity contribution in [2.45, 2.75) is 38.7 Å². The van der Waals surface area contributed by atoms with Crippen molar-refractivity contribution in [2.75, 3.05) is 23.3 Å². The number of nitrogens with one attached hydrogen (secondary N) is 1. The molecule has 3 N–H and O–H groups in total. The molecule has 1 aliphatic rings. The molecule has 0 spiro atoms. The van der Waals surface area contributed by atoms with Crippen molar-refractivity contribution < 1.29 is 27.1 Å². The van der Waals surface area contributed by atoms with Gasteiger partial charge in [-0.25, -0.2) is 26.9 Å². The average molecular weight is 639 g/mol. The number of benzene rings is 2. The number of nitrogens with two attached hydrogens (primary N) is 1. The number of carbonyl (C=O) groups is 1. The third-order valence-electron chi connectivity index (χ3n) is 7.39. The lowest BCUT2D eigenvalue weighted by Gasteiger charge is -2.33. The number of nitrogens with zero attached hydrogens (tertiary/aromatic N) is 4. The molecule has 0 bridgehead atoms. The third kappa shape index (κ3) is 6.80. The van der Waals surface area contributed by atoms with E-state index in [2.05, 4.69) is 10.3 Å². The number of amides is 1. The van der Waals surface area contributed by atoms with Crippen molar-refractivity contribution in [3.8, 4) is 17.2 Å². The SMILES string of the molecule is CC(C)n1cc(C(=O)Nc2ccc(Oc3cc(N4CCC(F)(F)CC4)cnc3C=CN)c(F)c2)c(=O)n(-c2ccc(F)cc2)c1=O. The van der Waals surface area contributed by atoms with Gasteiger partial charge in [-0.15, -0.1) is 0 Å². The number of carbonyl (C=O) groups excluding carboxylic acids is 1. The van der Waals surface area contributed by atoms with Crippen LogP contribution in [0.15, 0.2) is 76.7 Å². The zero-order chi connectivity index (χ0) is 33.2. The summed E-state index contributed by atoms with van der Waals surface area (Å²) < 4.78 is 63.9. The molecule has 5 rings (SSSR count). The highest BCUT2D eigenvalue weighted by molar-refractivity contribution is 6.03. The van der Waals surface area contributed by atoms with Gasteiger partial charge in [-0.2, -0.15) is 0 Å². The molecule has 0 aliphatic carbocycles. The van der Waals surface area contributed by atoms with E-state index in [1.165, 1.54) is 47.3 Å². The van der Waals surface area contributed by atoms with Crippen LogP contribution in [0, 0.1) is 11.6 Å². The number of hydrogen-bond acceptors (Lipinski definition) is 7. The highest BCUT2D eigenvalue weighted by Gasteiger charge is 2.34. The van der Waals surface area contributed by atoms with E-state index in [0.29, 0.717) is 5.69 Å². The summed E-state index contributed by atoms with van der Waals surface area (Å²) in [4.78, 5) is 45.7. The summed E-state index contributed by atoms with van der Waals surface area (Å²) in [5.74, 6) is -5.22. The Morgan fingerprint density at radius 1 is 1.02 bits per heavy atom. The molecule has 3 heterocycles. The van der Waals surface area contributed by atoms with Gasteiger partial charge in [0.05, 0.1) is 17.6 Å². The predicted molar refractivity (Wildman–Crippen MR) is 165 cm³/mol. The quantitative estimate of drug-likeness (QED) is 0.246. The number of alkyl halides is 2. The van der Waals surface area contributed by atoms with Crippen LogP contribution in [0.2, 0.25) is 0 Å². The lowest BCUT2D eigenvalue weighted by molar-refractivity contribution is -0.0220. The van der Waals surface area contributed by atoms with Crippen LogP contribution in [-0.2, 0) is 0 Å². The average Bonchev–Trinajstić information content (AvgIpc) is 3.00. The zero-order valence-corrected chi connectivity index (χ0v) is 24.8. The molecular weight excluding hydrogens is 608 g/mol. The monoisotopic (exact) mass is 638 g/mol. The van der Waals surface area contributed by atoms with Gasteiger partial charge in [0.25, 0.3) is 17.4 Å². The molecule has 4 aromatic rings. The van der Waals surface area contributed by atoms with Crippen molar-refractivity contribution in [2.24, 2.45) is 5.73 Å². The topological polar surface area (TPSA) is 124 Å². The number of pyridine rings is 1. The minimum absolute atomic E-state index is 0.0203. The van der Waals surface area contributed by atoms with Crippen LogP contribution in [0.4, 0.5) is 28.9 Å². The molecule has 1 fully saturated rings. The summed E-state index contributed by atoms with van der Waals surface area (Å²) in [6.45, 7) is 3.57. The highest BCUT2D eigenvalue weighted by atomic mass is 19.3. The van der Waals surface area contributed by atoms with E-state index in [-0.39, 0.29) is 54.5 Å². The van der Waals surface area contributed by atoms with Crippen molar-refractivity contribution in [1.29, 1.82) is 0 Å². The Morgan fingerprint density at radius 2 is 1.72 bits per heavy atom. The van der Waals surface area contributed by atoms with Crippen LogP contribution in [0.3, 0.4) is 0 Å². The normalized spacial score (nSPS) is 14.5. The lowest BCUT2D eigenvalue weighted by Crippen LogP contribution is -2.42. The van der Waals surface area contributed by atoms with E-state index in [4.69, 9.17) is 10.5 Å². The van der Waals surface area contributed by atoms with Gasteiger partial charge < -0.3 is 20.7 Å². The summed E-state index contributed by atoms with van der Waals surface area (Å²) in [7, 11) is 0. The minimum atomic E-state index is -2.74. The van der Waals surface area contributed by atoms with Gasteiger partial charge in [0.2, 0.25) is 0 Å². The van der Waals surface area contributed by atoms with Crippen LogP contribution in [0.5, 0.6) is 11.5 Å². The number of hydrogen-bond donors (Lipinski definition) is 2. The van der Waals surface area contributed by atoms with Crippen molar-refractivity contribution in [1.82, 2.24) is 14.1 Å². The highest BCUT2D eigenvalue weighted by Crippen LogP contribution is 2.35. The van der Waals surface area contributed by atoms with Gasteiger partial charge in [0, 0.05) is 56.0 Å². The van der Waals surface area contributed by atoms with E-state index < -0.39 is 46.3 Å². The summed E-state index contributed by atoms with van der Waals surface area (Å²) in [5.41, 5.74) is 4.27. The Morgan fingerprint density at radius 3 is 2.35 bits per heavy atom. The predicted octanol–water partition coefficient (Wildman–Crippen LogP) is 5.46. The molecule has 0 unspecified atom stereocenters. The van der Waals surface area contributed by atoms with Crippen molar-refractivity contribution in [3.63, 3.8) is 0 Å². The van der Waals surface area contributed by atoms with E-state index in [0.717, 1.165) is 29.0 Å². The smallest absolute Gasteiger partial charge is 0.335 e. The molecule has 2 aromatic heterocycles. The first kappa shape index (κ1) is 32.0. The molecule has 0 saturated carbocycles. The maximum atomic E-state index is 15.3. The van der Waals surface area contributed by atoms with E-state index >= 15 is 4.39 Å². The Hall–Kier alpha value is -5.40. The van der Waals surface area contributed by atoms with Crippen molar-refractivity contribution in [3.05, 3.63) is 111 Å². The Bertz CT molecular complexity index is 1910. The summed E-state index contributed by atoms with van der Waals surface area (Å²) in [6.07, 6.45) is 4.65. The molecule has 1 amide bonds. The van der Waals surface area contributed by atoms with Gasteiger partial charge in [-0.1, -0.05) is 0 Å². The van der Waals surface area contributed by atoms with Crippen LogP contribution in [-0.4, -0.2) is 39.0 Å². The fourth-order valence-electron chi connectivity index (χ4n) is 4.90. The Labute approximate surface area is 260 Å². The molecule has 1 saturated heterocycles. The maximum absolute atomic E-state index is 15.3. The molecule has 14 heteroatoms. The number of rotatable bonds is 8. The molecule has 10 nitrogen and oxygen atoms in total. The van der Waals surface area contributed by atoms with Gasteiger partial charge >= 0.3 is 5.69 Å². The number of aromatic nitrogens is 3. The Kier molecular flexibility index (Phi) is 8.98. The second-order valence-electron chi connectivity index (χ2n) is 10.9. The van der Waals surface area contributed by atoms with Crippen LogP contribution in [0.1, 0.15) is 48.8 Å². The standard InChI is InChI=1S/C32H30F4N6O4/c1-19(2)41-18-24(30(44)42(31(41)45)22-6-3-20(33)4-7-22)29(43)39-21-5-8-27(25(34)15-21)46-28-16-23(17-38-26(28)9-12-37)40-13-10-32(35,36)11-14-40/h3-9,12,15-19H,10-11,13-14,37H2,1-2H3,(H,39,43). The van der Waals surface area contributed by atoms with Gasteiger partial charge in [0.15, 0.2) is 17.3 Å². The fourth-order valence-corrected chi connectivity index (χ4v) is 4.90. The fraction of sp³-hybridized carbons (Fsp3) is 0.250.